The lowest BCUT2D eigenvalue weighted by molar-refractivity contribution is 0.710. The summed E-state index contributed by atoms with van der Waals surface area (Å²) in [7, 11) is 0. The molecule has 0 amide bonds. The van der Waals surface area contributed by atoms with Crippen molar-refractivity contribution in [3.63, 3.8) is 0 Å². The highest BCUT2D eigenvalue weighted by Gasteiger charge is 2.19. The van der Waals surface area contributed by atoms with Gasteiger partial charge in [-0.1, -0.05) is 54.1 Å². The van der Waals surface area contributed by atoms with Crippen LogP contribution in [0.2, 0.25) is 0 Å². The molecule has 0 bridgehead atoms. The van der Waals surface area contributed by atoms with Gasteiger partial charge in [-0.05, 0) is 48.7 Å². The third kappa shape index (κ3) is 3.18. The number of anilines is 3. The smallest absolute Gasteiger partial charge is 0.228 e. The van der Waals surface area contributed by atoms with Crippen LogP contribution in [0.1, 0.15) is 16.7 Å². The largest absolute Gasteiger partial charge is 0.340 e. The average Bonchev–Trinajstić information content (AvgIpc) is 2.75. The van der Waals surface area contributed by atoms with Gasteiger partial charge in [0.25, 0.3) is 0 Å². The van der Waals surface area contributed by atoms with E-state index in [4.69, 9.17) is 9.97 Å². The summed E-state index contributed by atoms with van der Waals surface area (Å²) in [5.74, 6) is 1.63. The van der Waals surface area contributed by atoms with Crippen LogP contribution in [-0.4, -0.2) is 16.5 Å². The molecule has 0 saturated heterocycles. The number of aromatic nitrogens is 2. The normalized spacial score (nSPS) is 13.4. The van der Waals surface area contributed by atoms with Gasteiger partial charge < -0.3 is 10.2 Å². The van der Waals surface area contributed by atoms with Gasteiger partial charge in [0.05, 0.1) is 5.52 Å². The summed E-state index contributed by atoms with van der Waals surface area (Å²) in [5.41, 5.74) is 6.02. The van der Waals surface area contributed by atoms with E-state index in [1.807, 2.05) is 12.1 Å². The van der Waals surface area contributed by atoms with E-state index in [1.54, 1.807) is 0 Å². The Bertz CT molecular complexity index is 1130. The van der Waals surface area contributed by atoms with Crippen LogP contribution in [-0.2, 0) is 13.0 Å². The predicted octanol–water partition coefficient (Wildman–Crippen LogP) is 5.24. The van der Waals surface area contributed by atoms with Crippen molar-refractivity contribution in [2.45, 2.75) is 19.9 Å². The molecular formula is C24H22N4. The van der Waals surface area contributed by atoms with Gasteiger partial charge in [0.2, 0.25) is 5.95 Å². The summed E-state index contributed by atoms with van der Waals surface area (Å²) in [6.07, 6.45) is 1.02. The summed E-state index contributed by atoms with van der Waals surface area (Å²) < 4.78 is 0. The number of hydrogen-bond donors (Lipinski definition) is 1. The van der Waals surface area contributed by atoms with Crippen molar-refractivity contribution >= 4 is 28.4 Å². The SMILES string of the molecule is Cc1ccc(Nc2nc(N3CCc4ccccc4C3)nc3ccccc23)cc1. The zero-order valence-electron chi connectivity index (χ0n) is 15.9. The average molecular weight is 366 g/mol. The minimum Gasteiger partial charge on any atom is -0.340 e. The molecular weight excluding hydrogens is 344 g/mol. The Kier molecular flexibility index (Phi) is 4.17. The maximum atomic E-state index is 4.92. The van der Waals surface area contributed by atoms with Gasteiger partial charge in [-0.2, -0.15) is 4.98 Å². The number of rotatable bonds is 3. The Morgan fingerprint density at radius 2 is 1.57 bits per heavy atom. The van der Waals surface area contributed by atoms with Crippen molar-refractivity contribution in [2.75, 3.05) is 16.8 Å². The molecule has 4 heteroatoms. The zero-order valence-corrected chi connectivity index (χ0v) is 15.9. The van der Waals surface area contributed by atoms with E-state index in [1.165, 1.54) is 16.7 Å². The first-order valence-corrected chi connectivity index (χ1v) is 9.68. The van der Waals surface area contributed by atoms with Gasteiger partial charge in [0.15, 0.2) is 0 Å². The second kappa shape index (κ2) is 6.97. The van der Waals surface area contributed by atoms with Gasteiger partial charge >= 0.3 is 0 Å². The maximum Gasteiger partial charge on any atom is 0.228 e. The lowest BCUT2D eigenvalue weighted by Gasteiger charge is -2.29. The van der Waals surface area contributed by atoms with E-state index < -0.39 is 0 Å². The molecule has 0 atom stereocenters. The van der Waals surface area contributed by atoms with Gasteiger partial charge in [0, 0.05) is 24.2 Å². The zero-order chi connectivity index (χ0) is 18.9. The van der Waals surface area contributed by atoms with Crippen LogP contribution in [0.4, 0.5) is 17.5 Å². The first-order chi connectivity index (χ1) is 13.8. The first-order valence-electron chi connectivity index (χ1n) is 9.68. The summed E-state index contributed by atoms with van der Waals surface area (Å²) in [4.78, 5) is 12.1. The van der Waals surface area contributed by atoms with E-state index >= 15 is 0 Å². The molecule has 0 radical (unpaired) electrons. The lowest BCUT2D eigenvalue weighted by Crippen LogP contribution is -2.31. The Balaban J connectivity index is 1.54. The molecule has 0 aliphatic carbocycles. The molecule has 0 unspecified atom stereocenters. The number of benzene rings is 3. The number of aryl methyl sites for hydroxylation is 1. The van der Waals surface area contributed by atoms with E-state index in [0.717, 1.165) is 47.9 Å². The summed E-state index contributed by atoms with van der Waals surface area (Å²) in [6.45, 7) is 3.87. The Morgan fingerprint density at radius 1 is 0.821 bits per heavy atom. The van der Waals surface area contributed by atoms with Gasteiger partial charge in [0.1, 0.15) is 5.82 Å². The van der Waals surface area contributed by atoms with E-state index in [-0.39, 0.29) is 0 Å². The van der Waals surface area contributed by atoms with E-state index in [2.05, 4.69) is 77.8 Å². The fourth-order valence-electron chi connectivity index (χ4n) is 3.74. The third-order valence-corrected chi connectivity index (χ3v) is 5.32. The molecule has 4 nitrogen and oxygen atoms in total. The molecule has 0 spiro atoms. The van der Waals surface area contributed by atoms with Crippen LogP contribution in [0.15, 0.2) is 72.8 Å². The van der Waals surface area contributed by atoms with Crippen LogP contribution >= 0.6 is 0 Å². The third-order valence-electron chi connectivity index (χ3n) is 5.32. The van der Waals surface area contributed by atoms with Crippen molar-refractivity contribution < 1.29 is 0 Å². The predicted molar refractivity (Wildman–Crippen MR) is 115 cm³/mol. The molecule has 1 aliphatic rings. The molecule has 0 saturated carbocycles. The number of nitrogens with zero attached hydrogens (tertiary/aromatic N) is 3. The van der Waals surface area contributed by atoms with Crippen molar-refractivity contribution in [3.8, 4) is 0 Å². The highest BCUT2D eigenvalue weighted by Crippen LogP contribution is 2.29. The molecule has 1 aromatic heterocycles. The molecule has 3 aromatic carbocycles. The second-order valence-corrected chi connectivity index (χ2v) is 7.32. The second-order valence-electron chi connectivity index (χ2n) is 7.32. The van der Waals surface area contributed by atoms with E-state index in [0.29, 0.717) is 0 Å². The number of hydrogen-bond acceptors (Lipinski definition) is 4. The number of para-hydroxylation sites is 1. The summed E-state index contributed by atoms with van der Waals surface area (Å²) in [5, 5.41) is 4.53. The van der Waals surface area contributed by atoms with Gasteiger partial charge in [-0.25, -0.2) is 4.98 Å². The van der Waals surface area contributed by atoms with Crippen molar-refractivity contribution in [1.82, 2.24) is 9.97 Å². The fraction of sp³-hybridized carbons (Fsp3) is 0.167. The number of fused-ring (bicyclic) bond motifs is 2. The topological polar surface area (TPSA) is 41.1 Å². The first kappa shape index (κ1) is 16.8. The Morgan fingerprint density at radius 3 is 2.43 bits per heavy atom. The molecule has 0 fully saturated rings. The summed E-state index contributed by atoms with van der Waals surface area (Å²) >= 11 is 0. The molecule has 28 heavy (non-hydrogen) atoms. The number of nitrogens with one attached hydrogen (secondary N) is 1. The van der Waals surface area contributed by atoms with Crippen LogP contribution in [0, 0.1) is 6.92 Å². The van der Waals surface area contributed by atoms with Crippen LogP contribution in [0.25, 0.3) is 10.9 Å². The summed E-state index contributed by atoms with van der Waals surface area (Å²) in [6, 6.07) is 25.2. The molecule has 1 N–H and O–H groups in total. The van der Waals surface area contributed by atoms with Crippen molar-refractivity contribution in [2.24, 2.45) is 0 Å². The highest BCUT2D eigenvalue weighted by molar-refractivity contribution is 5.91. The minimum atomic E-state index is 0.780. The fourth-order valence-corrected chi connectivity index (χ4v) is 3.74. The van der Waals surface area contributed by atoms with Crippen LogP contribution in [0.3, 0.4) is 0 Å². The Labute approximate surface area is 164 Å². The molecule has 1 aliphatic heterocycles. The van der Waals surface area contributed by atoms with Crippen LogP contribution in [0.5, 0.6) is 0 Å². The molecule has 2 heterocycles. The maximum absolute atomic E-state index is 4.92. The standard InChI is InChI=1S/C24H22N4/c1-17-10-12-20(13-11-17)25-23-21-8-4-5-9-22(21)26-24(27-23)28-15-14-18-6-2-3-7-19(18)16-28/h2-13H,14-16H2,1H3,(H,25,26,27). The molecule has 4 aromatic rings. The Hall–Kier alpha value is -3.40. The quantitative estimate of drug-likeness (QED) is 0.538. The highest BCUT2D eigenvalue weighted by atomic mass is 15.3. The van der Waals surface area contributed by atoms with Crippen molar-refractivity contribution in [3.05, 3.63) is 89.5 Å². The monoisotopic (exact) mass is 366 g/mol. The minimum absolute atomic E-state index is 0.780. The van der Waals surface area contributed by atoms with Gasteiger partial charge in [-0.15, -0.1) is 0 Å². The lowest BCUT2D eigenvalue weighted by atomic mass is 10.0. The van der Waals surface area contributed by atoms with E-state index in [9.17, 15) is 0 Å². The molecule has 5 rings (SSSR count). The van der Waals surface area contributed by atoms with Crippen LogP contribution < -0.4 is 10.2 Å². The van der Waals surface area contributed by atoms with Gasteiger partial charge in [-0.3, -0.25) is 0 Å². The molecule has 138 valence electrons. The van der Waals surface area contributed by atoms with Crippen molar-refractivity contribution in [1.29, 1.82) is 0 Å².